The maximum atomic E-state index is 14.0. The molecule has 1 aliphatic rings. The molecule has 3 rings (SSSR count). The van der Waals surface area contributed by atoms with E-state index in [4.69, 9.17) is 0 Å². The van der Waals surface area contributed by atoms with Crippen molar-refractivity contribution in [1.82, 2.24) is 0 Å². The Labute approximate surface area is 92.5 Å². The lowest BCUT2D eigenvalue weighted by Crippen LogP contribution is -1.94. The molecule has 0 unspecified atom stereocenters. The molecule has 2 aromatic carbocycles. The van der Waals surface area contributed by atoms with Gasteiger partial charge in [-0.05, 0) is 36.1 Å². The summed E-state index contributed by atoms with van der Waals surface area (Å²) in [6.45, 7) is 1.48. The quantitative estimate of drug-likeness (QED) is 0.535. The highest BCUT2D eigenvalue weighted by Crippen LogP contribution is 2.39. The van der Waals surface area contributed by atoms with Crippen LogP contribution in [0, 0.1) is 18.6 Å². The Bertz CT molecular complexity index is 586. The molecule has 0 bridgehead atoms. The minimum absolute atomic E-state index is 0.107. The van der Waals surface area contributed by atoms with E-state index in [-0.39, 0.29) is 5.56 Å². The van der Waals surface area contributed by atoms with Crippen molar-refractivity contribution in [3.05, 3.63) is 58.7 Å². The fourth-order valence-corrected chi connectivity index (χ4v) is 2.32. The van der Waals surface area contributed by atoms with Gasteiger partial charge in [0, 0.05) is 11.1 Å². The van der Waals surface area contributed by atoms with Gasteiger partial charge < -0.3 is 0 Å². The third-order valence-corrected chi connectivity index (χ3v) is 3.20. The molecule has 0 N–H and O–H groups in total. The molecule has 0 saturated carbocycles. The van der Waals surface area contributed by atoms with Crippen molar-refractivity contribution in [2.24, 2.45) is 0 Å². The minimum atomic E-state index is -0.455. The highest BCUT2D eigenvalue weighted by Gasteiger charge is 2.24. The van der Waals surface area contributed by atoms with Gasteiger partial charge >= 0.3 is 0 Å². The first-order valence-corrected chi connectivity index (χ1v) is 5.24. The zero-order chi connectivity index (χ0) is 11.3. The first kappa shape index (κ1) is 9.52. The summed E-state index contributed by atoms with van der Waals surface area (Å²) in [6, 6.07) is 9.11. The molecule has 0 radical (unpaired) electrons. The average Bonchev–Trinajstić information content (AvgIpc) is 2.64. The Morgan fingerprint density at radius 2 is 1.81 bits per heavy atom. The van der Waals surface area contributed by atoms with Crippen molar-refractivity contribution in [2.45, 2.75) is 13.3 Å². The first-order chi connectivity index (χ1) is 7.68. The van der Waals surface area contributed by atoms with Crippen LogP contribution < -0.4 is 0 Å². The van der Waals surface area contributed by atoms with Gasteiger partial charge in [0.15, 0.2) is 0 Å². The monoisotopic (exact) mass is 216 g/mol. The van der Waals surface area contributed by atoms with Gasteiger partial charge in [0.1, 0.15) is 11.6 Å². The van der Waals surface area contributed by atoms with Gasteiger partial charge in [0.2, 0.25) is 0 Å². The van der Waals surface area contributed by atoms with Gasteiger partial charge in [-0.25, -0.2) is 8.78 Å². The molecule has 0 aliphatic heterocycles. The Morgan fingerprint density at radius 3 is 2.62 bits per heavy atom. The molecule has 0 atom stereocenters. The highest BCUT2D eigenvalue weighted by atomic mass is 19.1. The molecular weight excluding hydrogens is 206 g/mol. The van der Waals surface area contributed by atoms with Crippen molar-refractivity contribution < 1.29 is 8.78 Å². The molecule has 0 aromatic heterocycles. The number of fused-ring (bicyclic) bond motifs is 3. The largest absolute Gasteiger partial charge is 0.207 e. The average molecular weight is 216 g/mol. The van der Waals surface area contributed by atoms with E-state index in [1.165, 1.54) is 13.0 Å². The van der Waals surface area contributed by atoms with Crippen molar-refractivity contribution in [3.63, 3.8) is 0 Å². The molecule has 80 valence electrons. The topological polar surface area (TPSA) is 0 Å². The van der Waals surface area contributed by atoms with Gasteiger partial charge in [-0.15, -0.1) is 0 Å². The SMILES string of the molecule is Cc1c(F)cc2c(c1F)-c1ccccc1C2. The van der Waals surface area contributed by atoms with Crippen LogP contribution >= 0.6 is 0 Å². The summed E-state index contributed by atoms with van der Waals surface area (Å²) in [4.78, 5) is 0. The third-order valence-electron chi connectivity index (χ3n) is 3.20. The second kappa shape index (κ2) is 3.14. The van der Waals surface area contributed by atoms with Crippen LogP contribution in [0.3, 0.4) is 0 Å². The summed E-state index contributed by atoms with van der Waals surface area (Å²) >= 11 is 0. The van der Waals surface area contributed by atoms with Crippen LogP contribution in [0.5, 0.6) is 0 Å². The van der Waals surface area contributed by atoms with E-state index in [9.17, 15) is 8.78 Å². The number of hydrogen-bond acceptors (Lipinski definition) is 0. The molecule has 2 heteroatoms. The van der Waals surface area contributed by atoms with Crippen LogP contribution in [0.2, 0.25) is 0 Å². The standard InChI is InChI=1S/C14H10F2/c1-8-12(15)7-10-6-9-4-2-3-5-11(9)13(10)14(8)16/h2-5,7H,6H2,1H3. The fraction of sp³-hybridized carbons (Fsp3) is 0.143. The Morgan fingerprint density at radius 1 is 1.06 bits per heavy atom. The Balaban J connectivity index is 2.36. The molecule has 0 spiro atoms. The Kier molecular flexibility index (Phi) is 1.87. The van der Waals surface area contributed by atoms with E-state index < -0.39 is 11.6 Å². The van der Waals surface area contributed by atoms with Crippen molar-refractivity contribution in [1.29, 1.82) is 0 Å². The molecule has 16 heavy (non-hydrogen) atoms. The molecule has 0 heterocycles. The molecule has 0 saturated heterocycles. The maximum Gasteiger partial charge on any atom is 0.137 e. The number of rotatable bonds is 0. The van der Waals surface area contributed by atoms with E-state index in [1.807, 2.05) is 24.3 Å². The minimum Gasteiger partial charge on any atom is -0.207 e. The number of benzene rings is 2. The number of halogens is 2. The van der Waals surface area contributed by atoms with E-state index in [0.717, 1.165) is 16.7 Å². The van der Waals surface area contributed by atoms with Crippen molar-refractivity contribution >= 4 is 0 Å². The Hall–Kier alpha value is -1.70. The van der Waals surface area contributed by atoms with Crippen LogP contribution in [0.25, 0.3) is 11.1 Å². The van der Waals surface area contributed by atoms with Gasteiger partial charge in [0.05, 0.1) is 0 Å². The summed E-state index contributed by atoms with van der Waals surface area (Å²) in [5.74, 6) is -0.871. The van der Waals surface area contributed by atoms with E-state index in [0.29, 0.717) is 12.0 Å². The molecule has 0 amide bonds. The second-order valence-corrected chi connectivity index (χ2v) is 4.17. The molecule has 1 aliphatic carbocycles. The van der Waals surface area contributed by atoms with Gasteiger partial charge in [0.25, 0.3) is 0 Å². The smallest absolute Gasteiger partial charge is 0.137 e. The van der Waals surface area contributed by atoms with Crippen LogP contribution in [0.4, 0.5) is 8.78 Å². The lowest BCUT2D eigenvalue weighted by atomic mass is 10.0. The lowest BCUT2D eigenvalue weighted by Gasteiger charge is -2.06. The second-order valence-electron chi connectivity index (χ2n) is 4.17. The highest BCUT2D eigenvalue weighted by molar-refractivity contribution is 5.77. The van der Waals surface area contributed by atoms with Crippen molar-refractivity contribution in [3.8, 4) is 11.1 Å². The predicted molar refractivity (Wildman–Crippen MR) is 59.3 cm³/mol. The van der Waals surface area contributed by atoms with E-state index in [1.54, 1.807) is 0 Å². The third kappa shape index (κ3) is 1.13. The summed E-state index contributed by atoms with van der Waals surface area (Å²) < 4.78 is 27.4. The maximum absolute atomic E-state index is 14.0. The summed E-state index contributed by atoms with van der Waals surface area (Å²) in [5.41, 5.74) is 3.41. The van der Waals surface area contributed by atoms with Crippen LogP contribution in [-0.4, -0.2) is 0 Å². The summed E-state index contributed by atoms with van der Waals surface area (Å²) in [6.07, 6.45) is 0.625. The summed E-state index contributed by atoms with van der Waals surface area (Å²) in [7, 11) is 0. The zero-order valence-electron chi connectivity index (χ0n) is 8.85. The summed E-state index contributed by atoms with van der Waals surface area (Å²) in [5, 5.41) is 0. The van der Waals surface area contributed by atoms with Gasteiger partial charge in [-0.3, -0.25) is 0 Å². The van der Waals surface area contributed by atoms with Crippen LogP contribution in [0.15, 0.2) is 30.3 Å². The zero-order valence-corrected chi connectivity index (χ0v) is 8.85. The molecule has 0 nitrogen and oxygen atoms in total. The molecule has 2 aromatic rings. The molecular formula is C14H10F2. The van der Waals surface area contributed by atoms with Crippen molar-refractivity contribution in [2.75, 3.05) is 0 Å². The first-order valence-electron chi connectivity index (χ1n) is 5.24. The molecule has 0 fully saturated rings. The van der Waals surface area contributed by atoms with E-state index in [2.05, 4.69) is 0 Å². The van der Waals surface area contributed by atoms with Crippen LogP contribution in [0.1, 0.15) is 16.7 Å². The lowest BCUT2D eigenvalue weighted by molar-refractivity contribution is 0.569. The predicted octanol–water partition coefficient (Wildman–Crippen LogP) is 3.84. The normalized spacial score (nSPS) is 12.4. The van der Waals surface area contributed by atoms with Crippen LogP contribution in [-0.2, 0) is 6.42 Å². The fourth-order valence-electron chi connectivity index (χ4n) is 2.32. The van der Waals surface area contributed by atoms with Gasteiger partial charge in [-0.1, -0.05) is 24.3 Å². The number of hydrogen-bond donors (Lipinski definition) is 0. The van der Waals surface area contributed by atoms with Gasteiger partial charge in [-0.2, -0.15) is 0 Å². The van der Waals surface area contributed by atoms with E-state index >= 15 is 0 Å².